The van der Waals surface area contributed by atoms with Crippen molar-refractivity contribution in [3.8, 4) is 0 Å². The third-order valence-electron chi connectivity index (χ3n) is 0.912. The predicted molar refractivity (Wildman–Crippen MR) is 36.8 cm³/mol. The third-order valence-corrected chi connectivity index (χ3v) is 3.34. The second kappa shape index (κ2) is 7.64. The van der Waals surface area contributed by atoms with Gasteiger partial charge < -0.3 is 18.9 Å². The van der Waals surface area contributed by atoms with Gasteiger partial charge in [0, 0.05) is 14.7 Å². The maximum atomic E-state index is 10.4. The smallest absolute Gasteiger partial charge is 0.799 e. The van der Waals surface area contributed by atoms with Crippen LogP contribution in [-0.2, 0) is 9.13 Å². The van der Waals surface area contributed by atoms with Crippen LogP contribution in [-0.4, -0.2) is 25.7 Å². The molecule has 0 radical (unpaired) electrons. The Morgan fingerprint density at radius 3 is 1.17 bits per heavy atom. The summed E-state index contributed by atoms with van der Waals surface area (Å²) in [6, 6.07) is 0. The molecule has 0 fully saturated rings. The molecule has 62 valence electrons. The molecule has 0 saturated carbocycles. The maximum Gasteiger partial charge on any atom is 1.00 e. The van der Waals surface area contributed by atoms with Gasteiger partial charge in [-0.1, -0.05) is 0 Å². The maximum absolute atomic E-state index is 10.4. The van der Waals surface area contributed by atoms with E-state index in [-0.39, 0.29) is 71.4 Å². The zero-order valence-corrected chi connectivity index (χ0v) is 13.7. The van der Waals surface area contributed by atoms with Gasteiger partial charge in [0.05, 0.1) is 0 Å². The van der Waals surface area contributed by atoms with E-state index in [1.165, 1.54) is 0 Å². The molecule has 0 bridgehead atoms. The Balaban J connectivity index is -0.000000405. The Labute approximate surface area is 117 Å². The van der Waals surface area contributed by atoms with Crippen LogP contribution in [0.25, 0.3) is 0 Å². The summed E-state index contributed by atoms with van der Waals surface area (Å²) in [6.07, 6.45) is -0.492. The van der Waals surface area contributed by atoms with Crippen molar-refractivity contribution in [1.29, 1.82) is 0 Å². The summed E-state index contributed by atoms with van der Waals surface area (Å²) in [7, 11) is -6.77. The molecule has 0 heterocycles. The monoisotopic (exact) mass is 230 g/mol. The Morgan fingerprint density at radius 2 is 1.08 bits per heavy atom. The van der Waals surface area contributed by atoms with Gasteiger partial charge in [0.1, 0.15) is 0 Å². The van der Waals surface area contributed by atoms with E-state index in [9.17, 15) is 18.9 Å². The van der Waals surface area contributed by atoms with Gasteiger partial charge in [0.15, 0.2) is 0 Å². The molecular formula is C4H10Na2O4P2. The van der Waals surface area contributed by atoms with E-state index in [1.54, 1.807) is 0 Å². The van der Waals surface area contributed by atoms with Crippen molar-refractivity contribution < 1.29 is 78.0 Å². The van der Waals surface area contributed by atoms with E-state index >= 15 is 0 Å². The van der Waals surface area contributed by atoms with Gasteiger partial charge in [-0.15, -0.1) is 0 Å². The normalized spacial score (nSPS) is 19.3. The quantitative estimate of drug-likeness (QED) is 0.356. The predicted octanol–water partition coefficient (Wildman–Crippen LogP) is -6.47. The van der Waals surface area contributed by atoms with E-state index in [1.807, 2.05) is 0 Å². The fourth-order valence-corrected chi connectivity index (χ4v) is 3.27. The van der Waals surface area contributed by atoms with Crippen molar-refractivity contribution in [2.45, 2.75) is 0 Å². The molecule has 0 aliphatic heterocycles. The molecule has 8 heteroatoms. The molecule has 0 aromatic carbocycles. The molecule has 12 heavy (non-hydrogen) atoms. The van der Waals surface area contributed by atoms with Crippen molar-refractivity contribution in [2.75, 3.05) is 25.7 Å². The van der Waals surface area contributed by atoms with Crippen LogP contribution in [0.5, 0.6) is 0 Å². The van der Waals surface area contributed by atoms with Gasteiger partial charge >= 0.3 is 59.1 Å². The van der Waals surface area contributed by atoms with Crippen LogP contribution in [0, 0.1) is 0 Å². The molecule has 0 aliphatic rings. The molecule has 0 saturated heterocycles. The first-order chi connectivity index (χ1) is 4.21. The first kappa shape index (κ1) is 19.9. The molecule has 0 spiro atoms. The van der Waals surface area contributed by atoms with Crippen LogP contribution in [0.3, 0.4) is 0 Å². The molecule has 0 amide bonds. The van der Waals surface area contributed by atoms with Gasteiger partial charge in [0.2, 0.25) is 0 Å². The fraction of sp³-hybridized carbons (Fsp3) is 1.00. The Bertz CT molecular complexity index is 173. The van der Waals surface area contributed by atoms with Crippen molar-refractivity contribution in [1.82, 2.24) is 0 Å². The topological polar surface area (TPSA) is 80.3 Å². The van der Waals surface area contributed by atoms with Crippen molar-refractivity contribution in [3.63, 3.8) is 0 Å². The van der Waals surface area contributed by atoms with Crippen LogP contribution in [0.4, 0.5) is 0 Å². The first-order valence-electron chi connectivity index (χ1n) is 2.76. The summed E-state index contributed by atoms with van der Waals surface area (Å²) in [6.45, 7) is 2.09. The first-order valence-corrected chi connectivity index (χ1v) is 7.27. The minimum absolute atomic E-state index is 0. The fourth-order valence-electron chi connectivity index (χ4n) is 0.363. The van der Waals surface area contributed by atoms with Gasteiger partial charge in [-0.2, -0.15) is 0 Å². The zero-order valence-electron chi connectivity index (χ0n) is 7.94. The van der Waals surface area contributed by atoms with Crippen LogP contribution in [0.15, 0.2) is 0 Å². The summed E-state index contributed by atoms with van der Waals surface area (Å²) >= 11 is 0. The molecule has 0 aromatic heterocycles. The standard InChI is InChI=1S/C4H12O4P2.2Na/c1-9(5,6)3-4-10(2,7)8;;/h3-4H2,1-2H3,(H,5,6)(H,7,8);;/q;2*+1/p-2. The van der Waals surface area contributed by atoms with Gasteiger partial charge in [-0.25, -0.2) is 0 Å². The molecule has 0 N–H and O–H groups in total. The second-order valence-corrected chi connectivity index (χ2v) is 7.43. The van der Waals surface area contributed by atoms with Crippen molar-refractivity contribution in [2.24, 2.45) is 0 Å². The van der Waals surface area contributed by atoms with Gasteiger partial charge in [-0.05, 0) is 25.7 Å². The van der Waals surface area contributed by atoms with Crippen LogP contribution in [0.1, 0.15) is 0 Å². The molecule has 0 aliphatic carbocycles. The SMILES string of the molecule is CP(=O)([O-])CCP(C)(=O)[O-].[Na+].[Na+]. The summed E-state index contributed by atoms with van der Waals surface area (Å²) in [5, 5.41) is 0. The molecule has 0 rings (SSSR count). The number of hydrogen-bond acceptors (Lipinski definition) is 4. The van der Waals surface area contributed by atoms with Crippen molar-refractivity contribution in [3.05, 3.63) is 0 Å². The van der Waals surface area contributed by atoms with Crippen LogP contribution < -0.4 is 68.9 Å². The van der Waals surface area contributed by atoms with Gasteiger partial charge in [-0.3, -0.25) is 0 Å². The third kappa shape index (κ3) is 18.2. The van der Waals surface area contributed by atoms with E-state index in [0.29, 0.717) is 0 Å². The van der Waals surface area contributed by atoms with Crippen LogP contribution >= 0.6 is 14.7 Å². The summed E-state index contributed by atoms with van der Waals surface area (Å²) < 4.78 is 20.9. The Hall–Kier alpha value is 2.38. The average molecular weight is 230 g/mol. The molecule has 0 aromatic rings. The number of rotatable bonds is 3. The Kier molecular flexibility index (Phi) is 12.7. The molecule has 2 unspecified atom stereocenters. The van der Waals surface area contributed by atoms with Gasteiger partial charge in [0.25, 0.3) is 0 Å². The summed E-state index contributed by atoms with van der Waals surface area (Å²) in [4.78, 5) is 20.9. The molecule has 2 atom stereocenters. The largest absolute Gasteiger partial charge is 1.00 e. The van der Waals surface area contributed by atoms with E-state index in [4.69, 9.17) is 0 Å². The Morgan fingerprint density at radius 1 is 0.917 bits per heavy atom. The van der Waals surface area contributed by atoms with E-state index in [2.05, 4.69) is 0 Å². The van der Waals surface area contributed by atoms with E-state index < -0.39 is 14.7 Å². The zero-order chi connectivity index (χ0) is 8.41. The molecule has 4 nitrogen and oxygen atoms in total. The minimum atomic E-state index is -3.38. The minimum Gasteiger partial charge on any atom is -0.799 e. The summed E-state index contributed by atoms with van der Waals surface area (Å²) in [5.41, 5.74) is 0. The van der Waals surface area contributed by atoms with E-state index in [0.717, 1.165) is 13.3 Å². The second-order valence-electron chi connectivity index (χ2n) is 2.48. The van der Waals surface area contributed by atoms with Crippen LogP contribution in [0.2, 0.25) is 0 Å². The average Bonchev–Trinajstić information content (AvgIpc) is 1.57. The summed E-state index contributed by atoms with van der Waals surface area (Å²) in [5.74, 6) is 0. The molecular weight excluding hydrogens is 220 g/mol. The number of hydrogen-bond donors (Lipinski definition) is 0. The van der Waals surface area contributed by atoms with Crippen molar-refractivity contribution >= 4 is 14.7 Å².